The number of ether oxygens (including phenoxy) is 2. The molecule has 5 nitrogen and oxygen atoms in total. The van der Waals surface area contributed by atoms with Gasteiger partial charge in [-0.1, -0.05) is 57.4 Å². The van der Waals surface area contributed by atoms with E-state index in [-0.39, 0.29) is 17.9 Å². The molecule has 1 N–H and O–H groups in total. The molecule has 3 rings (SSSR count). The van der Waals surface area contributed by atoms with Gasteiger partial charge in [0.25, 0.3) is 0 Å². The Labute approximate surface area is 209 Å². The number of anilines is 1. The number of nitrogens with zero attached hydrogens (tertiary/aromatic N) is 1. The van der Waals surface area contributed by atoms with E-state index in [0.717, 1.165) is 41.0 Å². The van der Waals surface area contributed by atoms with E-state index in [1.807, 2.05) is 48.7 Å². The van der Waals surface area contributed by atoms with Crippen molar-refractivity contribution in [1.29, 1.82) is 0 Å². The predicted octanol–water partition coefficient (Wildman–Crippen LogP) is 7.33. The van der Waals surface area contributed by atoms with Crippen LogP contribution in [-0.4, -0.2) is 25.2 Å². The van der Waals surface area contributed by atoms with Crippen molar-refractivity contribution in [2.75, 3.05) is 19.5 Å². The van der Waals surface area contributed by atoms with Crippen LogP contribution in [0, 0.1) is 5.92 Å². The molecule has 0 saturated heterocycles. The molecule has 0 aliphatic rings. The first-order valence-corrected chi connectivity index (χ1v) is 12.3. The Hall–Kier alpha value is -3.60. The van der Waals surface area contributed by atoms with Crippen LogP contribution in [0.2, 0.25) is 0 Å². The summed E-state index contributed by atoms with van der Waals surface area (Å²) in [6.45, 7) is 6.76. The van der Waals surface area contributed by atoms with E-state index in [4.69, 9.17) is 9.47 Å². The molecule has 0 radical (unpaired) electrons. The van der Waals surface area contributed by atoms with Gasteiger partial charge in [-0.05, 0) is 65.6 Å². The summed E-state index contributed by atoms with van der Waals surface area (Å²) in [5.74, 6) is 0.606. The lowest BCUT2D eigenvalue weighted by atomic mass is 9.81. The molecule has 0 bridgehead atoms. The molecule has 0 fully saturated rings. The van der Waals surface area contributed by atoms with Crippen LogP contribution in [0.4, 0.5) is 5.69 Å². The van der Waals surface area contributed by atoms with E-state index in [1.165, 1.54) is 26.4 Å². The lowest BCUT2D eigenvalue weighted by molar-refractivity contribution is 0.0600. The quantitative estimate of drug-likeness (QED) is 0.208. The first kappa shape index (κ1) is 26.0. The molecule has 0 aliphatic carbocycles. The van der Waals surface area contributed by atoms with Crippen molar-refractivity contribution >= 4 is 17.2 Å². The second-order valence-corrected chi connectivity index (χ2v) is 8.69. The number of nitrogens with one attached hydrogen (secondary N) is 1. The number of carbonyl (C=O) groups is 1. The monoisotopic (exact) mass is 472 g/mol. The molecule has 0 saturated carbocycles. The number of unbranched alkanes of at least 4 members (excludes halogenated alkanes) is 3. The van der Waals surface area contributed by atoms with Gasteiger partial charge in [0.2, 0.25) is 0 Å². The first-order valence-electron chi connectivity index (χ1n) is 12.3. The number of methoxy groups -OCH3 is 2. The highest BCUT2D eigenvalue weighted by Crippen LogP contribution is 2.39. The fourth-order valence-corrected chi connectivity index (χ4v) is 4.33. The number of carbonyl (C=O) groups excluding carboxylic acids is 1. The zero-order chi connectivity index (χ0) is 25.0. The second kappa shape index (κ2) is 13.3. The standard InChI is InChI=1S/C30H36N2O3/c1-5-6-7-8-11-28(22(2)23-12-14-24(15-13-23)30(33)35-4)29(25-10-9-20-31-21-25)32-26-16-18-27(34-3)19-17-26/h9-10,12-21,28-29,32H,2,5-8,11H2,1,3-4H3/t28-,29+/m1/s1. The molecule has 2 aromatic carbocycles. The van der Waals surface area contributed by atoms with E-state index >= 15 is 0 Å². The highest BCUT2D eigenvalue weighted by Gasteiger charge is 2.27. The van der Waals surface area contributed by atoms with Crippen molar-refractivity contribution in [2.45, 2.75) is 45.1 Å². The average molecular weight is 473 g/mol. The summed E-state index contributed by atoms with van der Waals surface area (Å²) in [7, 11) is 3.06. The molecule has 1 aromatic heterocycles. The first-order chi connectivity index (χ1) is 17.1. The Kier molecular flexibility index (Phi) is 9.91. The van der Waals surface area contributed by atoms with Crippen LogP contribution in [0.25, 0.3) is 5.57 Å². The number of aromatic nitrogens is 1. The average Bonchev–Trinajstić information content (AvgIpc) is 2.92. The van der Waals surface area contributed by atoms with Gasteiger partial charge in [0.15, 0.2) is 0 Å². The van der Waals surface area contributed by atoms with Crippen molar-refractivity contribution < 1.29 is 14.3 Å². The maximum Gasteiger partial charge on any atom is 0.337 e. The van der Waals surface area contributed by atoms with Crippen molar-refractivity contribution in [3.05, 3.63) is 96.3 Å². The summed E-state index contributed by atoms with van der Waals surface area (Å²) in [5.41, 5.74) is 4.70. The minimum atomic E-state index is -0.340. The van der Waals surface area contributed by atoms with E-state index in [1.54, 1.807) is 25.4 Å². The summed E-state index contributed by atoms with van der Waals surface area (Å²) >= 11 is 0. The Morgan fingerprint density at radius 2 is 1.69 bits per heavy atom. The van der Waals surface area contributed by atoms with Gasteiger partial charge < -0.3 is 14.8 Å². The molecule has 5 heteroatoms. The molecule has 0 aliphatic heterocycles. The molecule has 2 atom stereocenters. The van der Waals surface area contributed by atoms with Gasteiger partial charge in [0.1, 0.15) is 5.75 Å². The predicted molar refractivity (Wildman–Crippen MR) is 143 cm³/mol. The van der Waals surface area contributed by atoms with E-state index < -0.39 is 0 Å². The fourth-order valence-electron chi connectivity index (χ4n) is 4.33. The zero-order valence-corrected chi connectivity index (χ0v) is 21.0. The third-order valence-electron chi connectivity index (χ3n) is 6.35. The van der Waals surface area contributed by atoms with Crippen molar-refractivity contribution in [3.8, 4) is 5.75 Å². The van der Waals surface area contributed by atoms with Gasteiger partial charge in [-0.15, -0.1) is 0 Å². The number of hydrogen-bond donors (Lipinski definition) is 1. The number of pyridine rings is 1. The molecular formula is C30H36N2O3. The lowest BCUT2D eigenvalue weighted by Crippen LogP contribution is -2.22. The van der Waals surface area contributed by atoms with E-state index in [2.05, 4.69) is 29.9 Å². The summed E-state index contributed by atoms with van der Waals surface area (Å²) in [4.78, 5) is 16.3. The molecular weight excluding hydrogens is 436 g/mol. The van der Waals surface area contributed by atoms with Gasteiger partial charge >= 0.3 is 5.97 Å². The van der Waals surface area contributed by atoms with E-state index in [9.17, 15) is 4.79 Å². The van der Waals surface area contributed by atoms with Crippen LogP contribution in [0.5, 0.6) is 5.75 Å². The van der Waals surface area contributed by atoms with Crippen LogP contribution < -0.4 is 10.1 Å². The summed E-state index contributed by atoms with van der Waals surface area (Å²) in [6.07, 6.45) is 9.41. The molecule has 0 amide bonds. The van der Waals surface area contributed by atoms with Gasteiger partial charge in [-0.25, -0.2) is 4.79 Å². The fraction of sp³-hybridized carbons (Fsp3) is 0.333. The maximum atomic E-state index is 11.9. The molecule has 35 heavy (non-hydrogen) atoms. The number of hydrogen-bond acceptors (Lipinski definition) is 5. The van der Waals surface area contributed by atoms with Crippen molar-refractivity contribution in [2.24, 2.45) is 5.92 Å². The molecule has 0 spiro atoms. The Balaban J connectivity index is 1.95. The van der Waals surface area contributed by atoms with Crippen LogP contribution >= 0.6 is 0 Å². The summed E-state index contributed by atoms with van der Waals surface area (Å²) in [5, 5.41) is 3.75. The van der Waals surface area contributed by atoms with Gasteiger partial charge in [-0.2, -0.15) is 0 Å². The Morgan fingerprint density at radius 3 is 2.29 bits per heavy atom. The third kappa shape index (κ3) is 7.19. The minimum Gasteiger partial charge on any atom is -0.497 e. The number of esters is 1. The van der Waals surface area contributed by atoms with Crippen LogP contribution in [0.15, 0.2) is 79.6 Å². The highest BCUT2D eigenvalue weighted by atomic mass is 16.5. The van der Waals surface area contributed by atoms with Gasteiger partial charge in [-0.3, -0.25) is 4.98 Å². The maximum absolute atomic E-state index is 11.9. The van der Waals surface area contributed by atoms with Crippen molar-refractivity contribution in [3.63, 3.8) is 0 Å². The molecule has 1 heterocycles. The molecule has 184 valence electrons. The smallest absolute Gasteiger partial charge is 0.337 e. The zero-order valence-electron chi connectivity index (χ0n) is 21.0. The van der Waals surface area contributed by atoms with Gasteiger partial charge in [0.05, 0.1) is 25.8 Å². The minimum absolute atomic E-state index is 0.0218. The Bertz CT molecular complexity index is 1060. The lowest BCUT2D eigenvalue weighted by Gasteiger charge is -2.31. The number of benzene rings is 2. The van der Waals surface area contributed by atoms with Gasteiger partial charge in [0, 0.05) is 24.0 Å². The normalized spacial score (nSPS) is 12.4. The van der Waals surface area contributed by atoms with Crippen LogP contribution in [0.3, 0.4) is 0 Å². The second-order valence-electron chi connectivity index (χ2n) is 8.69. The summed E-state index contributed by atoms with van der Waals surface area (Å²) in [6, 6.07) is 19.6. The third-order valence-corrected chi connectivity index (χ3v) is 6.35. The number of rotatable bonds is 13. The topological polar surface area (TPSA) is 60.5 Å². The highest BCUT2D eigenvalue weighted by molar-refractivity contribution is 5.89. The SMILES string of the molecule is C=C(c1ccc(C(=O)OC)cc1)[C@@H](CCCCCC)[C@@H](Nc1ccc(OC)cc1)c1cccnc1. The molecule has 0 unspecified atom stereocenters. The van der Waals surface area contributed by atoms with E-state index in [0.29, 0.717) is 5.56 Å². The summed E-state index contributed by atoms with van der Waals surface area (Å²) < 4.78 is 10.2. The molecule has 3 aromatic rings. The van der Waals surface area contributed by atoms with Crippen LogP contribution in [-0.2, 0) is 4.74 Å². The Morgan fingerprint density at radius 1 is 0.971 bits per heavy atom. The van der Waals surface area contributed by atoms with Crippen molar-refractivity contribution in [1.82, 2.24) is 4.98 Å². The largest absolute Gasteiger partial charge is 0.497 e. The van der Waals surface area contributed by atoms with Crippen LogP contribution in [0.1, 0.15) is 66.6 Å².